The average molecular weight is 217 g/mol. The minimum absolute atomic E-state index is 0.193. The molecule has 1 fully saturated rings. The molecular weight excluding hydrogens is 202 g/mol. The van der Waals surface area contributed by atoms with Crippen LogP contribution in [0, 0.1) is 5.92 Å². The Morgan fingerprint density at radius 2 is 2.19 bits per heavy atom. The molecule has 2 aliphatic carbocycles. The molecule has 0 bridgehead atoms. The first-order valence-electron chi connectivity index (χ1n) is 5.70. The van der Waals surface area contributed by atoms with E-state index in [1.807, 2.05) is 0 Å². The predicted molar refractivity (Wildman–Crippen MR) is 60.0 cm³/mol. The van der Waals surface area contributed by atoms with Gasteiger partial charge in [0.25, 0.3) is 0 Å². The zero-order valence-corrected chi connectivity index (χ0v) is 9.27. The molecule has 0 aliphatic heterocycles. The van der Waals surface area contributed by atoms with E-state index in [0.29, 0.717) is 18.5 Å². The summed E-state index contributed by atoms with van der Waals surface area (Å²) in [4.78, 5) is 11.1. The summed E-state index contributed by atoms with van der Waals surface area (Å²) >= 11 is 0. The number of esters is 1. The number of benzene rings is 1. The summed E-state index contributed by atoms with van der Waals surface area (Å²) in [5.74, 6) is 1.23. The molecule has 0 spiro atoms. The molecule has 0 heterocycles. The molecule has 1 N–H and O–H groups in total. The average Bonchev–Trinajstić information content (AvgIpc) is 3.05. The summed E-state index contributed by atoms with van der Waals surface area (Å²) in [5.41, 5.74) is 2.84. The molecule has 0 amide bonds. The molecule has 2 aliphatic rings. The first-order chi connectivity index (χ1) is 7.81. The number of hydrogen-bond donors (Lipinski definition) is 1. The Morgan fingerprint density at radius 1 is 1.44 bits per heavy atom. The third-order valence-corrected chi connectivity index (χ3v) is 3.69. The van der Waals surface area contributed by atoms with Gasteiger partial charge in [-0.15, -0.1) is 0 Å². The van der Waals surface area contributed by atoms with Gasteiger partial charge in [0.05, 0.1) is 13.7 Å². The maximum Gasteiger partial charge on any atom is 0.319 e. The van der Waals surface area contributed by atoms with Crippen LogP contribution in [0.3, 0.4) is 0 Å². The number of rotatable bonds is 3. The maximum absolute atomic E-state index is 11.1. The van der Waals surface area contributed by atoms with Crippen molar-refractivity contribution in [2.45, 2.75) is 18.4 Å². The molecule has 1 saturated carbocycles. The van der Waals surface area contributed by atoms with Crippen LogP contribution >= 0.6 is 0 Å². The molecule has 3 heteroatoms. The van der Waals surface area contributed by atoms with Gasteiger partial charge in [-0.3, -0.25) is 10.1 Å². The lowest BCUT2D eigenvalue weighted by atomic mass is 10.0. The minimum Gasteiger partial charge on any atom is -0.468 e. The number of nitrogens with one attached hydrogen (secondary N) is 1. The van der Waals surface area contributed by atoms with E-state index < -0.39 is 0 Å². The number of ether oxygens (including phenoxy) is 1. The van der Waals surface area contributed by atoms with Gasteiger partial charge in [-0.1, -0.05) is 24.3 Å². The van der Waals surface area contributed by atoms with E-state index in [-0.39, 0.29) is 5.97 Å². The van der Waals surface area contributed by atoms with Gasteiger partial charge >= 0.3 is 5.97 Å². The van der Waals surface area contributed by atoms with Crippen molar-refractivity contribution < 1.29 is 9.53 Å². The Morgan fingerprint density at radius 3 is 2.94 bits per heavy atom. The van der Waals surface area contributed by atoms with Crippen molar-refractivity contribution in [1.29, 1.82) is 0 Å². The van der Waals surface area contributed by atoms with E-state index in [0.717, 1.165) is 5.92 Å². The normalized spacial score (nSPS) is 29.4. The Labute approximate surface area is 94.8 Å². The quantitative estimate of drug-likeness (QED) is 0.782. The third-order valence-electron chi connectivity index (χ3n) is 3.69. The second-order valence-electron chi connectivity index (χ2n) is 4.57. The number of fused-ring (bicyclic) bond motifs is 3. The summed E-state index contributed by atoms with van der Waals surface area (Å²) in [6.07, 6.45) is 1.26. The fourth-order valence-electron chi connectivity index (χ4n) is 2.83. The Kier molecular flexibility index (Phi) is 2.21. The van der Waals surface area contributed by atoms with Crippen LogP contribution in [0.25, 0.3) is 0 Å². The lowest BCUT2D eigenvalue weighted by molar-refractivity contribution is -0.139. The number of methoxy groups -OCH3 is 1. The van der Waals surface area contributed by atoms with E-state index in [1.165, 1.54) is 24.7 Å². The Hall–Kier alpha value is -1.35. The van der Waals surface area contributed by atoms with Crippen LogP contribution in [0.15, 0.2) is 24.3 Å². The monoisotopic (exact) mass is 217 g/mol. The molecule has 3 rings (SSSR count). The van der Waals surface area contributed by atoms with Gasteiger partial charge in [0.1, 0.15) is 0 Å². The summed E-state index contributed by atoms with van der Waals surface area (Å²) in [7, 11) is 1.42. The van der Waals surface area contributed by atoms with Crippen molar-refractivity contribution >= 4 is 5.97 Å². The molecule has 3 nitrogen and oxygen atoms in total. The molecule has 1 aromatic rings. The van der Waals surface area contributed by atoms with Crippen molar-refractivity contribution in [3.05, 3.63) is 35.4 Å². The Balaban J connectivity index is 1.75. The van der Waals surface area contributed by atoms with E-state index in [9.17, 15) is 4.79 Å². The molecule has 0 radical (unpaired) electrons. The number of carbonyl (C=O) groups is 1. The minimum atomic E-state index is -0.193. The highest BCUT2D eigenvalue weighted by Crippen LogP contribution is 2.61. The molecule has 16 heavy (non-hydrogen) atoms. The number of carbonyl (C=O) groups excluding carboxylic acids is 1. The second kappa shape index (κ2) is 3.59. The highest BCUT2D eigenvalue weighted by atomic mass is 16.5. The fraction of sp³-hybridized carbons (Fsp3) is 0.462. The predicted octanol–water partition coefficient (Wildman–Crippen LogP) is 1.61. The SMILES string of the molecule is COC(=O)CNC1c2ccccc2C2CC21. The van der Waals surface area contributed by atoms with Gasteiger partial charge in [0.2, 0.25) is 0 Å². The lowest BCUT2D eigenvalue weighted by Gasteiger charge is -2.15. The highest BCUT2D eigenvalue weighted by molar-refractivity contribution is 5.71. The number of hydrogen-bond acceptors (Lipinski definition) is 3. The van der Waals surface area contributed by atoms with Crippen LogP contribution in [-0.4, -0.2) is 19.6 Å². The largest absolute Gasteiger partial charge is 0.468 e. The Bertz CT molecular complexity index is 430. The smallest absolute Gasteiger partial charge is 0.319 e. The second-order valence-corrected chi connectivity index (χ2v) is 4.57. The van der Waals surface area contributed by atoms with Crippen molar-refractivity contribution in [3.8, 4) is 0 Å². The van der Waals surface area contributed by atoms with Crippen LogP contribution in [0.5, 0.6) is 0 Å². The van der Waals surface area contributed by atoms with Crippen LogP contribution in [-0.2, 0) is 9.53 Å². The van der Waals surface area contributed by atoms with Gasteiger partial charge in [0, 0.05) is 6.04 Å². The molecule has 84 valence electrons. The zero-order valence-electron chi connectivity index (χ0n) is 9.27. The van der Waals surface area contributed by atoms with Gasteiger partial charge in [0.15, 0.2) is 0 Å². The third kappa shape index (κ3) is 1.43. The first kappa shape index (κ1) is 9.85. The van der Waals surface area contributed by atoms with Crippen LogP contribution in [0.2, 0.25) is 0 Å². The summed E-state index contributed by atoms with van der Waals surface area (Å²) in [5, 5.41) is 3.31. The molecule has 1 aromatic carbocycles. The maximum atomic E-state index is 11.1. The lowest BCUT2D eigenvalue weighted by Crippen LogP contribution is -2.28. The summed E-state index contributed by atoms with van der Waals surface area (Å²) < 4.78 is 4.65. The highest BCUT2D eigenvalue weighted by Gasteiger charge is 2.51. The van der Waals surface area contributed by atoms with E-state index in [4.69, 9.17) is 0 Å². The van der Waals surface area contributed by atoms with E-state index in [2.05, 4.69) is 34.3 Å². The topological polar surface area (TPSA) is 38.3 Å². The standard InChI is InChI=1S/C13H15NO2/c1-16-12(15)7-14-13-9-5-3-2-4-8(9)10-6-11(10)13/h2-5,10-11,13-14H,6-7H2,1H3. The van der Waals surface area contributed by atoms with Crippen LogP contribution < -0.4 is 5.32 Å². The van der Waals surface area contributed by atoms with Crippen molar-refractivity contribution in [2.24, 2.45) is 5.92 Å². The fourth-order valence-corrected chi connectivity index (χ4v) is 2.83. The van der Waals surface area contributed by atoms with E-state index in [1.54, 1.807) is 0 Å². The van der Waals surface area contributed by atoms with Crippen molar-refractivity contribution in [2.75, 3.05) is 13.7 Å². The molecular formula is C13H15NO2. The van der Waals surface area contributed by atoms with Gasteiger partial charge in [-0.25, -0.2) is 0 Å². The zero-order chi connectivity index (χ0) is 11.1. The molecule has 3 atom stereocenters. The first-order valence-corrected chi connectivity index (χ1v) is 5.70. The van der Waals surface area contributed by atoms with Gasteiger partial charge in [-0.05, 0) is 29.4 Å². The van der Waals surface area contributed by atoms with Crippen molar-refractivity contribution in [1.82, 2.24) is 5.32 Å². The molecule has 0 saturated heterocycles. The molecule has 0 aromatic heterocycles. The van der Waals surface area contributed by atoms with Crippen LogP contribution in [0.1, 0.15) is 29.5 Å². The van der Waals surface area contributed by atoms with Crippen molar-refractivity contribution in [3.63, 3.8) is 0 Å². The summed E-state index contributed by atoms with van der Waals surface area (Å²) in [6.45, 7) is 0.304. The van der Waals surface area contributed by atoms with Crippen LogP contribution in [0.4, 0.5) is 0 Å². The molecule has 3 unspecified atom stereocenters. The van der Waals surface area contributed by atoms with Gasteiger partial charge in [-0.2, -0.15) is 0 Å². The summed E-state index contributed by atoms with van der Waals surface area (Å²) in [6, 6.07) is 8.88. The van der Waals surface area contributed by atoms with Gasteiger partial charge < -0.3 is 4.74 Å². The van der Waals surface area contributed by atoms with E-state index >= 15 is 0 Å².